The zero-order valence-electron chi connectivity index (χ0n) is 20.6. The van der Waals surface area contributed by atoms with Gasteiger partial charge in [0, 0.05) is 28.8 Å². The van der Waals surface area contributed by atoms with Crippen LogP contribution in [0.3, 0.4) is 0 Å². The third-order valence-electron chi connectivity index (χ3n) is 6.93. The van der Waals surface area contributed by atoms with Gasteiger partial charge in [0.15, 0.2) is 24.0 Å². The first-order chi connectivity index (χ1) is 19.2. The van der Waals surface area contributed by atoms with Gasteiger partial charge >= 0.3 is 0 Å². The maximum atomic E-state index is 15.1. The average molecular weight is 558 g/mol. The van der Waals surface area contributed by atoms with E-state index in [9.17, 15) is 26.7 Å². The maximum Gasteiger partial charge on any atom is 0.273 e. The second kappa shape index (κ2) is 9.92. The zero-order valence-corrected chi connectivity index (χ0v) is 20.6. The van der Waals surface area contributed by atoms with Crippen molar-refractivity contribution in [2.75, 3.05) is 36.1 Å². The number of halogens is 6. The number of nitrogens with one attached hydrogen (secondary N) is 1. The molecule has 3 aromatic carbocycles. The Morgan fingerprint density at radius 1 is 0.975 bits per heavy atom. The standard InChI is InChI=1S/C28H20F6N4O2/c29-14-9-16(25(34)19(31)10-14)24-18(30)6-5-15-26(24)35-11-17(27(15)37-12-20(32)21(33)13-37)28(39)36-38-7-8-40-23-4-2-1-3-22(23)38/h1-6,9-11,20-21H,7-8,12-13H2,(H,36,39). The van der Waals surface area contributed by atoms with Gasteiger partial charge in [0.25, 0.3) is 5.91 Å². The number of anilines is 2. The third kappa shape index (κ3) is 4.33. The smallest absolute Gasteiger partial charge is 0.273 e. The van der Waals surface area contributed by atoms with Crippen molar-refractivity contribution < 1.29 is 35.9 Å². The van der Waals surface area contributed by atoms with Crippen LogP contribution in [0, 0.1) is 23.3 Å². The van der Waals surface area contributed by atoms with Crippen molar-refractivity contribution in [1.29, 1.82) is 0 Å². The molecule has 0 saturated carbocycles. The number of fused-ring (bicyclic) bond motifs is 2. The summed E-state index contributed by atoms with van der Waals surface area (Å²) in [7, 11) is 0. The highest BCUT2D eigenvalue weighted by molar-refractivity contribution is 6.10. The Morgan fingerprint density at radius 2 is 1.73 bits per heavy atom. The van der Waals surface area contributed by atoms with Crippen molar-refractivity contribution >= 4 is 28.2 Å². The lowest BCUT2D eigenvalue weighted by molar-refractivity contribution is 0.0945. The molecule has 0 bridgehead atoms. The summed E-state index contributed by atoms with van der Waals surface area (Å²) in [6.45, 7) is -0.271. The molecule has 1 amide bonds. The summed E-state index contributed by atoms with van der Waals surface area (Å²) in [5.41, 5.74) is 1.72. The fraction of sp³-hybridized carbons (Fsp3) is 0.214. The minimum atomic E-state index is -1.86. The number of carbonyl (C=O) groups excluding carboxylic acids is 1. The number of amides is 1. The number of ether oxygens (including phenoxy) is 1. The molecule has 2 aliphatic rings. The number of alkyl halides is 2. The normalized spacial score (nSPS) is 18.6. The SMILES string of the molecule is O=C(NN1CCOc2ccccc21)c1cnc2c(-c3cc(F)cc(F)c3F)c(F)ccc2c1N1CC(F)C(F)C1. The molecule has 0 aliphatic carbocycles. The Labute approximate surface area is 223 Å². The predicted molar refractivity (Wildman–Crippen MR) is 136 cm³/mol. The lowest BCUT2D eigenvalue weighted by Crippen LogP contribution is -2.47. The first-order valence-electron chi connectivity index (χ1n) is 12.3. The van der Waals surface area contributed by atoms with Gasteiger partial charge in [-0.1, -0.05) is 12.1 Å². The molecular formula is C28H20F6N4O2. The van der Waals surface area contributed by atoms with Crippen molar-refractivity contribution in [3.8, 4) is 16.9 Å². The highest BCUT2D eigenvalue weighted by atomic mass is 19.2. The van der Waals surface area contributed by atoms with Gasteiger partial charge in [0.1, 0.15) is 24.0 Å². The number of benzene rings is 3. The van der Waals surface area contributed by atoms with E-state index in [1.54, 1.807) is 29.3 Å². The fourth-order valence-electron chi connectivity index (χ4n) is 5.10. The lowest BCUT2D eigenvalue weighted by Gasteiger charge is -2.32. The molecule has 206 valence electrons. The molecule has 3 heterocycles. The van der Waals surface area contributed by atoms with Crippen molar-refractivity contribution in [1.82, 2.24) is 10.4 Å². The third-order valence-corrected chi connectivity index (χ3v) is 6.93. The Morgan fingerprint density at radius 3 is 2.50 bits per heavy atom. The molecule has 2 aliphatic heterocycles. The quantitative estimate of drug-likeness (QED) is 0.265. The number of hydrogen-bond donors (Lipinski definition) is 1. The van der Waals surface area contributed by atoms with Gasteiger partial charge in [-0.05, 0) is 30.3 Å². The summed E-state index contributed by atoms with van der Waals surface area (Å²) in [5, 5.41) is 1.59. The van der Waals surface area contributed by atoms with Crippen LogP contribution in [0.15, 0.2) is 54.7 Å². The largest absolute Gasteiger partial charge is 0.489 e. The summed E-state index contributed by atoms with van der Waals surface area (Å²) in [5.74, 6) is -5.37. The van der Waals surface area contributed by atoms with E-state index < -0.39 is 65.7 Å². The first kappa shape index (κ1) is 25.8. The molecule has 4 aromatic rings. The van der Waals surface area contributed by atoms with Gasteiger partial charge in [-0.2, -0.15) is 0 Å². The van der Waals surface area contributed by atoms with E-state index >= 15 is 4.39 Å². The van der Waals surface area contributed by atoms with Crippen LogP contribution in [0.5, 0.6) is 5.75 Å². The number of hydrogen-bond acceptors (Lipinski definition) is 5. The van der Waals surface area contributed by atoms with Crippen LogP contribution in [-0.2, 0) is 0 Å². The number of nitrogens with zero attached hydrogens (tertiary/aromatic N) is 3. The summed E-state index contributed by atoms with van der Waals surface area (Å²) in [6, 6.07) is 10.1. The summed E-state index contributed by atoms with van der Waals surface area (Å²) < 4.78 is 92.2. The second-order valence-electron chi connectivity index (χ2n) is 9.43. The Hall–Kier alpha value is -4.48. The van der Waals surface area contributed by atoms with Crippen LogP contribution in [-0.4, -0.2) is 49.5 Å². The first-order valence-corrected chi connectivity index (χ1v) is 12.3. The molecule has 6 nitrogen and oxygen atoms in total. The molecule has 1 N–H and O–H groups in total. The fourth-order valence-corrected chi connectivity index (χ4v) is 5.10. The molecule has 2 atom stereocenters. The zero-order chi connectivity index (χ0) is 28.1. The topological polar surface area (TPSA) is 57.7 Å². The molecular weight excluding hydrogens is 538 g/mol. The minimum absolute atomic E-state index is 0.0189. The van der Waals surface area contributed by atoms with Gasteiger partial charge in [0.05, 0.1) is 42.1 Å². The summed E-state index contributed by atoms with van der Waals surface area (Å²) in [4.78, 5) is 19.1. The summed E-state index contributed by atoms with van der Waals surface area (Å²) in [6.07, 6.45) is -2.66. The number of rotatable bonds is 4. The van der Waals surface area contributed by atoms with Crippen LogP contribution < -0.4 is 20.1 Å². The van der Waals surface area contributed by atoms with Gasteiger partial charge in [-0.3, -0.25) is 20.2 Å². The van der Waals surface area contributed by atoms with Gasteiger partial charge < -0.3 is 9.64 Å². The van der Waals surface area contributed by atoms with Gasteiger partial charge in [-0.25, -0.2) is 26.3 Å². The van der Waals surface area contributed by atoms with Gasteiger partial charge in [0.2, 0.25) is 0 Å². The molecule has 0 spiro atoms. The van der Waals surface area contributed by atoms with Crippen molar-refractivity contribution in [3.63, 3.8) is 0 Å². The molecule has 2 unspecified atom stereocenters. The number of pyridine rings is 1. The molecule has 12 heteroatoms. The highest BCUT2D eigenvalue weighted by Crippen LogP contribution is 2.40. The van der Waals surface area contributed by atoms with E-state index in [-0.39, 0.29) is 28.8 Å². The van der Waals surface area contributed by atoms with Crippen molar-refractivity contribution in [3.05, 3.63) is 83.6 Å². The van der Waals surface area contributed by atoms with Crippen molar-refractivity contribution in [2.45, 2.75) is 12.3 Å². The lowest BCUT2D eigenvalue weighted by atomic mass is 9.98. The van der Waals surface area contributed by atoms with E-state index in [0.717, 1.165) is 12.3 Å². The van der Waals surface area contributed by atoms with Crippen LogP contribution >= 0.6 is 0 Å². The van der Waals surface area contributed by atoms with Crippen LogP contribution in [0.4, 0.5) is 37.7 Å². The number of hydrazine groups is 1. The van der Waals surface area contributed by atoms with Crippen LogP contribution in [0.1, 0.15) is 10.4 Å². The van der Waals surface area contributed by atoms with E-state index in [2.05, 4.69) is 10.4 Å². The number of carbonyl (C=O) groups is 1. The average Bonchev–Trinajstić information content (AvgIpc) is 3.27. The number of para-hydroxylation sites is 2. The predicted octanol–water partition coefficient (Wildman–Crippen LogP) is 5.50. The molecule has 0 radical (unpaired) electrons. The highest BCUT2D eigenvalue weighted by Gasteiger charge is 2.36. The van der Waals surface area contributed by atoms with Crippen LogP contribution in [0.2, 0.25) is 0 Å². The van der Waals surface area contributed by atoms with Crippen molar-refractivity contribution in [2.24, 2.45) is 0 Å². The Balaban J connectivity index is 1.51. The summed E-state index contributed by atoms with van der Waals surface area (Å²) >= 11 is 0. The maximum absolute atomic E-state index is 15.1. The number of aromatic nitrogens is 1. The molecule has 40 heavy (non-hydrogen) atoms. The van der Waals surface area contributed by atoms with E-state index in [1.165, 1.54) is 11.0 Å². The monoisotopic (exact) mass is 558 g/mol. The van der Waals surface area contributed by atoms with E-state index in [1.807, 2.05) is 0 Å². The van der Waals surface area contributed by atoms with Gasteiger partial charge in [-0.15, -0.1) is 0 Å². The molecule has 1 saturated heterocycles. The Kier molecular flexibility index (Phi) is 6.40. The molecule has 1 aromatic heterocycles. The van der Waals surface area contributed by atoms with E-state index in [4.69, 9.17) is 4.74 Å². The molecule has 6 rings (SSSR count). The minimum Gasteiger partial charge on any atom is -0.489 e. The molecule has 1 fully saturated rings. The van der Waals surface area contributed by atoms with Crippen LogP contribution in [0.25, 0.3) is 22.0 Å². The van der Waals surface area contributed by atoms with E-state index in [0.29, 0.717) is 30.1 Å². The second-order valence-corrected chi connectivity index (χ2v) is 9.43. The Bertz CT molecular complexity index is 1640.